The van der Waals surface area contributed by atoms with Gasteiger partial charge in [-0.25, -0.2) is 9.97 Å². The number of carbonyl (C=O) groups is 1. The second kappa shape index (κ2) is 4.77. The molecule has 1 aromatic rings. The predicted molar refractivity (Wildman–Crippen MR) is 69.5 cm³/mol. The predicted octanol–water partition coefficient (Wildman–Crippen LogP) is 0.844. The molecule has 1 saturated carbocycles. The number of carbonyl (C=O) groups excluding carboxylic acids is 1. The van der Waals surface area contributed by atoms with Crippen LogP contribution in [-0.4, -0.2) is 46.1 Å². The van der Waals surface area contributed by atoms with Crippen molar-refractivity contribution in [2.45, 2.75) is 31.3 Å². The third kappa shape index (κ3) is 2.28. The summed E-state index contributed by atoms with van der Waals surface area (Å²) in [6.07, 6.45) is 7.41. The first-order valence-corrected chi connectivity index (χ1v) is 6.70. The summed E-state index contributed by atoms with van der Waals surface area (Å²) < 4.78 is 5.91. The summed E-state index contributed by atoms with van der Waals surface area (Å²) in [6, 6.07) is 0. The van der Waals surface area contributed by atoms with Gasteiger partial charge in [-0.15, -0.1) is 0 Å². The number of nitrogen functional groups attached to an aromatic ring is 1. The van der Waals surface area contributed by atoms with Crippen LogP contribution in [-0.2, 0) is 4.74 Å². The van der Waals surface area contributed by atoms with Gasteiger partial charge in [-0.3, -0.25) is 4.79 Å². The number of aromatic nitrogens is 2. The highest BCUT2D eigenvalue weighted by Gasteiger charge is 2.41. The zero-order valence-corrected chi connectivity index (χ0v) is 10.8. The number of amides is 1. The minimum Gasteiger partial charge on any atom is -0.382 e. The van der Waals surface area contributed by atoms with Crippen LogP contribution in [0, 0.1) is 0 Å². The highest BCUT2D eigenvalue weighted by atomic mass is 16.5. The molecule has 1 aliphatic carbocycles. The molecule has 0 aromatic carbocycles. The van der Waals surface area contributed by atoms with Crippen molar-refractivity contribution in [3.05, 3.63) is 18.1 Å². The molecule has 2 heterocycles. The lowest BCUT2D eigenvalue weighted by atomic mass is 9.99. The Bertz CT molecular complexity index is 485. The van der Waals surface area contributed by atoms with Crippen molar-refractivity contribution in [3.63, 3.8) is 0 Å². The maximum atomic E-state index is 12.4. The number of nitrogens with two attached hydrogens (primary N) is 1. The van der Waals surface area contributed by atoms with E-state index >= 15 is 0 Å². The van der Waals surface area contributed by atoms with Crippen LogP contribution in [0.2, 0.25) is 0 Å². The Kier molecular flexibility index (Phi) is 3.10. The van der Waals surface area contributed by atoms with Crippen molar-refractivity contribution in [2.24, 2.45) is 0 Å². The molecule has 1 spiro atoms. The molecule has 0 atom stereocenters. The molecule has 1 aliphatic heterocycles. The number of morpholine rings is 1. The molecule has 2 fully saturated rings. The molecule has 2 aliphatic rings. The molecule has 19 heavy (non-hydrogen) atoms. The molecule has 0 bridgehead atoms. The molecule has 6 nitrogen and oxygen atoms in total. The lowest BCUT2D eigenvalue weighted by molar-refractivity contribution is -0.0949. The van der Waals surface area contributed by atoms with Crippen LogP contribution >= 0.6 is 0 Å². The second-order valence-electron chi connectivity index (χ2n) is 5.26. The van der Waals surface area contributed by atoms with Gasteiger partial charge in [0.2, 0.25) is 0 Å². The van der Waals surface area contributed by atoms with Crippen LogP contribution in [0.1, 0.15) is 36.2 Å². The van der Waals surface area contributed by atoms with E-state index in [9.17, 15) is 4.79 Å². The van der Waals surface area contributed by atoms with Crippen molar-refractivity contribution in [2.75, 3.05) is 25.4 Å². The molecule has 102 valence electrons. The Labute approximate surface area is 112 Å². The topological polar surface area (TPSA) is 81.3 Å². The van der Waals surface area contributed by atoms with Crippen molar-refractivity contribution in [1.82, 2.24) is 14.9 Å². The van der Waals surface area contributed by atoms with Crippen LogP contribution in [0.5, 0.6) is 0 Å². The van der Waals surface area contributed by atoms with Gasteiger partial charge in [0.25, 0.3) is 5.91 Å². The van der Waals surface area contributed by atoms with Gasteiger partial charge in [0.15, 0.2) is 11.5 Å². The average Bonchev–Trinajstić information content (AvgIpc) is 2.86. The van der Waals surface area contributed by atoms with Crippen molar-refractivity contribution >= 4 is 11.7 Å². The molecule has 0 unspecified atom stereocenters. The van der Waals surface area contributed by atoms with E-state index in [1.165, 1.54) is 25.2 Å². The standard InChI is InChI=1S/C13H18N4O2/c14-11-10(15-5-6-16-11)12(18)17-7-8-19-13(9-17)3-1-2-4-13/h5-6H,1-4,7-9H2,(H2,14,16). The highest BCUT2D eigenvalue weighted by Crippen LogP contribution is 2.36. The monoisotopic (exact) mass is 262 g/mol. The van der Waals surface area contributed by atoms with E-state index in [1.54, 1.807) is 4.90 Å². The lowest BCUT2D eigenvalue weighted by Crippen LogP contribution is -2.52. The van der Waals surface area contributed by atoms with E-state index in [4.69, 9.17) is 10.5 Å². The second-order valence-corrected chi connectivity index (χ2v) is 5.26. The van der Waals surface area contributed by atoms with Crippen LogP contribution in [0.4, 0.5) is 5.82 Å². The average molecular weight is 262 g/mol. The summed E-state index contributed by atoms with van der Waals surface area (Å²) >= 11 is 0. The quantitative estimate of drug-likeness (QED) is 0.811. The third-order valence-corrected chi connectivity index (χ3v) is 3.98. The van der Waals surface area contributed by atoms with E-state index < -0.39 is 0 Å². The molecule has 1 amide bonds. The minimum atomic E-state index is -0.139. The van der Waals surface area contributed by atoms with Crippen LogP contribution in [0.15, 0.2) is 12.4 Å². The van der Waals surface area contributed by atoms with Crippen LogP contribution in [0.3, 0.4) is 0 Å². The first kappa shape index (κ1) is 12.3. The molecule has 1 saturated heterocycles. The Morgan fingerprint density at radius 2 is 2.05 bits per heavy atom. The first-order chi connectivity index (χ1) is 9.20. The number of hydrogen-bond acceptors (Lipinski definition) is 5. The van der Waals surface area contributed by atoms with E-state index in [0.717, 1.165) is 12.8 Å². The zero-order chi connectivity index (χ0) is 13.3. The van der Waals surface area contributed by atoms with Crippen molar-refractivity contribution in [1.29, 1.82) is 0 Å². The SMILES string of the molecule is Nc1nccnc1C(=O)N1CCOC2(CCCC2)C1. The maximum Gasteiger partial charge on any atom is 0.276 e. The van der Waals surface area contributed by atoms with Gasteiger partial charge in [0, 0.05) is 18.9 Å². The summed E-state index contributed by atoms with van der Waals surface area (Å²) in [5.41, 5.74) is 5.83. The van der Waals surface area contributed by atoms with Gasteiger partial charge in [-0.1, -0.05) is 12.8 Å². The fourth-order valence-electron chi connectivity index (χ4n) is 3.00. The summed E-state index contributed by atoms with van der Waals surface area (Å²) in [5, 5.41) is 0. The molecule has 3 rings (SSSR count). The van der Waals surface area contributed by atoms with E-state index in [-0.39, 0.29) is 23.0 Å². The molecule has 1 aromatic heterocycles. The van der Waals surface area contributed by atoms with Gasteiger partial charge < -0.3 is 15.4 Å². The smallest absolute Gasteiger partial charge is 0.276 e. The maximum absolute atomic E-state index is 12.4. The summed E-state index contributed by atoms with van der Waals surface area (Å²) in [7, 11) is 0. The van der Waals surface area contributed by atoms with Gasteiger partial charge in [-0.2, -0.15) is 0 Å². The van der Waals surface area contributed by atoms with Crippen LogP contribution < -0.4 is 5.73 Å². The Hall–Kier alpha value is -1.69. The van der Waals surface area contributed by atoms with Crippen molar-refractivity contribution < 1.29 is 9.53 Å². The molecular formula is C13H18N4O2. The van der Waals surface area contributed by atoms with Crippen LogP contribution in [0.25, 0.3) is 0 Å². The Morgan fingerprint density at radius 3 is 2.79 bits per heavy atom. The molecule has 6 heteroatoms. The van der Waals surface area contributed by atoms with E-state index in [2.05, 4.69) is 9.97 Å². The van der Waals surface area contributed by atoms with E-state index in [1.807, 2.05) is 0 Å². The Morgan fingerprint density at radius 1 is 1.32 bits per heavy atom. The zero-order valence-electron chi connectivity index (χ0n) is 10.8. The van der Waals surface area contributed by atoms with E-state index in [0.29, 0.717) is 19.7 Å². The number of rotatable bonds is 1. The molecular weight excluding hydrogens is 244 g/mol. The lowest BCUT2D eigenvalue weighted by Gasteiger charge is -2.40. The summed E-state index contributed by atoms with van der Waals surface area (Å²) in [5.74, 6) is 0.0552. The highest BCUT2D eigenvalue weighted by molar-refractivity contribution is 5.96. The number of anilines is 1. The fourth-order valence-corrected chi connectivity index (χ4v) is 3.00. The molecule has 2 N–H and O–H groups in total. The summed E-state index contributed by atoms with van der Waals surface area (Å²) in [6.45, 7) is 1.82. The minimum absolute atomic E-state index is 0.134. The number of ether oxygens (including phenoxy) is 1. The number of nitrogens with zero attached hydrogens (tertiary/aromatic N) is 3. The Balaban J connectivity index is 1.78. The fraction of sp³-hybridized carbons (Fsp3) is 0.615. The van der Waals surface area contributed by atoms with Gasteiger partial charge in [0.1, 0.15) is 0 Å². The first-order valence-electron chi connectivity index (χ1n) is 6.70. The third-order valence-electron chi connectivity index (χ3n) is 3.98. The van der Waals surface area contributed by atoms with Gasteiger partial charge in [-0.05, 0) is 12.8 Å². The van der Waals surface area contributed by atoms with Gasteiger partial charge in [0.05, 0.1) is 18.8 Å². The molecule has 0 radical (unpaired) electrons. The largest absolute Gasteiger partial charge is 0.382 e. The number of hydrogen-bond donors (Lipinski definition) is 1. The van der Waals surface area contributed by atoms with Gasteiger partial charge >= 0.3 is 0 Å². The normalized spacial score (nSPS) is 21.8. The van der Waals surface area contributed by atoms with Crippen molar-refractivity contribution in [3.8, 4) is 0 Å². The summed E-state index contributed by atoms with van der Waals surface area (Å²) in [4.78, 5) is 22.2.